The first-order valence-corrected chi connectivity index (χ1v) is 6.52. The molecule has 2 N–H and O–H groups in total. The van der Waals surface area contributed by atoms with E-state index in [1.807, 2.05) is 0 Å². The van der Waals surface area contributed by atoms with Gasteiger partial charge in [0, 0.05) is 6.54 Å². The zero-order valence-electron chi connectivity index (χ0n) is 9.94. The average molecular weight is 225 g/mol. The number of nitrogens with zero attached hydrogens (tertiary/aromatic N) is 1. The Morgan fingerprint density at radius 3 is 2.56 bits per heavy atom. The lowest BCUT2D eigenvalue weighted by Gasteiger charge is -2.28. The molecular formula is C13H23NO2. The summed E-state index contributed by atoms with van der Waals surface area (Å²) >= 11 is 0. The number of aliphatic hydroxyl groups is 2. The first kappa shape index (κ1) is 12.1. The molecule has 1 aliphatic heterocycles. The highest BCUT2D eigenvalue weighted by molar-refractivity contribution is 5.10. The molecule has 0 spiro atoms. The summed E-state index contributed by atoms with van der Waals surface area (Å²) in [5, 5.41) is 19.0. The van der Waals surface area contributed by atoms with Gasteiger partial charge in [-0.05, 0) is 45.2 Å². The quantitative estimate of drug-likeness (QED) is 0.712. The van der Waals surface area contributed by atoms with Gasteiger partial charge in [-0.15, -0.1) is 0 Å². The minimum Gasteiger partial charge on any atom is -0.390 e. The SMILES string of the molecule is O[C@@H]1CC=C(CCN2CCCCC2)C[C@@H]1O. The molecule has 2 aliphatic rings. The fourth-order valence-electron chi connectivity index (χ4n) is 2.62. The summed E-state index contributed by atoms with van der Waals surface area (Å²) in [6, 6.07) is 0. The molecule has 0 saturated carbocycles. The summed E-state index contributed by atoms with van der Waals surface area (Å²) in [6.07, 6.45) is 7.42. The molecule has 2 rings (SSSR count). The predicted octanol–water partition coefficient (Wildman–Crippen LogP) is 1.30. The maximum Gasteiger partial charge on any atom is 0.0839 e. The second-order valence-electron chi connectivity index (χ2n) is 5.09. The molecule has 1 saturated heterocycles. The number of likely N-dealkylation sites (tertiary alicyclic amines) is 1. The van der Waals surface area contributed by atoms with Gasteiger partial charge in [-0.2, -0.15) is 0 Å². The highest BCUT2D eigenvalue weighted by atomic mass is 16.3. The van der Waals surface area contributed by atoms with Gasteiger partial charge >= 0.3 is 0 Å². The van der Waals surface area contributed by atoms with Crippen molar-refractivity contribution in [1.29, 1.82) is 0 Å². The lowest BCUT2D eigenvalue weighted by molar-refractivity contribution is 0.0159. The minimum atomic E-state index is -0.543. The molecule has 0 aromatic heterocycles. The Morgan fingerprint density at radius 2 is 1.88 bits per heavy atom. The highest BCUT2D eigenvalue weighted by Gasteiger charge is 2.21. The Morgan fingerprint density at radius 1 is 1.12 bits per heavy atom. The van der Waals surface area contributed by atoms with Gasteiger partial charge in [0.2, 0.25) is 0 Å². The predicted molar refractivity (Wildman–Crippen MR) is 64.2 cm³/mol. The van der Waals surface area contributed by atoms with Crippen LogP contribution in [0.2, 0.25) is 0 Å². The van der Waals surface area contributed by atoms with Crippen molar-refractivity contribution < 1.29 is 10.2 Å². The number of hydrogen-bond donors (Lipinski definition) is 2. The third-order valence-electron chi connectivity index (χ3n) is 3.76. The first-order chi connectivity index (χ1) is 7.75. The van der Waals surface area contributed by atoms with Crippen molar-refractivity contribution in [2.45, 2.75) is 50.7 Å². The molecule has 3 heteroatoms. The van der Waals surface area contributed by atoms with Crippen molar-refractivity contribution in [2.75, 3.05) is 19.6 Å². The fourth-order valence-corrected chi connectivity index (χ4v) is 2.62. The second kappa shape index (κ2) is 5.80. The summed E-state index contributed by atoms with van der Waals surface area (Å²) in [7, 11) is 0. The standard InChI is InChI=1S/C13H23NO2/c15-12-5-4-11(10-13(12)16)6-9-14-7-2-1-3-8-14/h4,12-13,15-16H,1-3,5-10H2/t12-,13+/m1/s1. The summed E-state index contributed by atoms with van der Waals surface area (Å²) in [4.78, 5) is 2.52. The fraction of sp³-hybridized carbons (Fsp3) is 0.846. The van der Waals surface area contributed by atoms with Crippen LogP contribution in [0.1, 0.15) is 38.5 Å². The Kier molecular flexibility index (Phi) is 4.38. The van der Waals surface area contributed by atoms with Crippen molar-refractivity contribution in [3.63, 3.8) is 0 Å². The van der Waals surface area contributed by atoms with E-state index in [4.69, 9.17) is 0 Å². The van der Waals surface area contributed by atoms with Crippen molar-refractivity contribution in [3.8, 4) is 0 Å². The van der Waals surface area contributed by atoms with Crippen LogP contribution in [-0.4, -0.2) is 47.0 Å². The van der Waals surface area contributed by atoms with E-state index in [1.165, 1.54) is 37.9 Å². The van der Waals surface area contributed by atoms with Crippen molar-refractivity contribution in [2.24, 2.45) is 0 Å². The van der Waals surface area contributed by atoms with E-state index in [-0.39, 0.29) is 0 Å². The van der Waals surface area contributed by atoms with Gasteiger partial charge in [-0.3, -0.25) is 0 Å². The van der Waals surface area contributed by atoms with E-state index < -0.39 is 12.2 Å². The van der Waals surface area contributed by atoms with Gasteiger partial charge in [0.05, 0.1) is 12.2 Å². The van der Waals surface area contributed by atoms with Gasteiger partial charge < -0.3 is 15.1 Å². The molecule has 0 bridgehead atoms. The topological polar surface area (TPSA) is 43.7 Å². The monoisotopic (exact) mass is 225 g/mol. The number of piperidine rings is 1. The maximum absolute atomic E-state index is 9.58. The normalized spacial score (nSPS) is 32.5. The van der Waals surface area contributed by atoms with Crippen molar-refractivity contribution in [1.82, 2.24) is 4.90 Å². The van der Waals surface area contributed by atoms with Gasteiger partial charge in [0.25, 0.3) is 0 Å². The van der Waals surface area contributed by atoms with Crippen LogP contribution in [0.15, 0.2) is 11.6 Å². The molecule has 0 amide bonds. The molecule has 0 aromatic rings. The molecule has 16 heavy (non-hydrogen) atoms. The largest absolute Gasteiger partial charge is 0.390 e. The summed E-state index contributed by atoms with van der Waals surface area (Å²) in [5.74, 6) is 0. The molecule has 2 atom stereocenters. The highest BCUT2D eigenvalue weighted by Crippen LogP contribution is 2.22. The van der Waals surface area contributed by atoms with E-state index in [2.05, 4.69) is 11.0 Å². The molecule has 0 aromatic carbocycles. The molecule has 1 heterocycles. The lowest BCUT2D eigenvalue weighted by Crippen LogP contribution is -2.32. The molecule has 92 valence electrons. The average Bonchev–Trinajstić information content (AvgIpc) is 2.32. The van der Waals surface area contributed by atoms with Gasteiger partial charge in [-0.25, -0.2) is 0 Å². The summed E-state index contributed by atoms with van der Waals surface area (Å²) < 4.78 is 0. The lowest BCUT2D eigenvalue weighted by atomic mass is 9.92. The van der Waals surface area contributed by atoms with Crippen LogP contribution in [0.5, 0.6) is 0 Å². The summed E-state index contributed by atoms with van der Waals surface area (Å²) in [6.45, 7) is 3.59. The van der Waals surface area contributed by atoms with Crippen molar-refractivity contribution in [3.05, 3.63) is 11.6 Å². The Balaban J connectivity index is 1.73. The van der Waals surface area contributed by atoms with Crippen LogP contribution in [0.25, 0.3) is 0 Å². The smallest absolute Gasteiger partial charge is 0.0839 e. The zero-order valence-corrected chi connectivity index (χ0v) is 9.94. The van der Waals surface area contributed by atoms with E-state index in [1.54, 1.807) is 0 Å². The second-order valence-corrected chi connectivity index (χ2v) is 5.09. The van der Waals surface area contributed by atoms with E-state index in [0.717, 1.165) is 13.0 Å². The minimum absolute atomic E-state index is 0.540. The van der Waals surface area contributed by atoms with Crippen LogP contribution in [-0.2, 0) is 0 Å². The van der Waals surface area contributed by atoms with Gasteiger partial charge in [0.1, 0.15) is 0 Å². The Labute approximate surface area is 97.8 Å². The van der Waals surface area contributed by atoms with Crippen LogP contribution >= 0.6 is 0 Å². The summed E-state index contributed by atoms with van der Waals surface area (Å²) in [5.41, 5.74) is 1.32. The van der Waals surface area contributed by atoms with Crippen LogP contribution < -0.4 is 0 Å². The molecule has 3 nitrogen and oxygen atoms in total. The zero-order chi connectivity index (χ0) is 11.4. The van der Waals surface area contributed by atoms with Crippen LogP contribution in [0.4, 0.5) is 0 Å². The van der Waals surface area contributed by atoms with E-state index >= 15 is 0 Å². The number of aliphatic hydroxyl groups excluding tert-OH is 2. The first-order valence-electron chi connectivity index (χ1n) is 6.52. The molecule has 0 radical (unpaired) electrons. The van der Waals surface area contributed by atoms with E-state index in [0.29, 0.717) is 12.8 Å². The molecule has 0 unspecified atom stereocenters. The Bertz CT molecular complexity index is 246. The van der Waals surface area contributed by atoms with Crippen LogP contribution in [0, 0.1) is 0 Å². The van der Waals surface area contributed by atoms with Gasteiger partial charge in [0.15, 0.2) is 0 Å². The van der Waals surface area contributed by atoms with Gasteiger partial charge in [-0.1, -0.05) is 18.1 Å². The number of hydrogen-bond acceptors (Lipinski definition) is 3. The molecule has 1 aliphatic carbocycles. The molecular weight excluding hydrogens is 202 g/mol. The third kappa shape index (κ3) is 3.30. The number of rotatable bonds is 3. The third-order valence-corrected chi connectivity index (χ3v) is 3.76. The van der Waals surface area contributed by atoms with Crippen LogP contribution in [0.3, 0.4) is 0 Å². The van der Waals surface area contributed by atoms with E-state index in [9.17, 15) is 10.2 Å². The maximum atomic E-state index is 9.58. The molecule has 1 fully saturated rings. The Hall–Kier alpha value is -0.380. The van der Waals surface area contributed by atoms with Crippen molar-refractivity contribution >= 4 is 0 Å².